The Bertz CT molecular complexity index is 1200. The number of halogens is 2. The molecule has 0 unspecified atom stereocenters. The van der Waals surface area contributed by atoms with Gasteiger partial charge in [0, 0.05) is 18.7 Å². The lowest BCUT2D eigenvalue weighted by atomic mass is 10.1. The van der Waals surface area contributed by atoms with Gasteiger partial charge in [0.05, 0.1) is 18.1 Å². The molecule has 0 aliphatic carbocycles. The molecule has 0 radical (unpaired) electrons. The maximum atomic E-state index is 13.3. The quantitative estimate of drug-likeness (QED) is 0.456. The summed E-state index contributed by atoms with van der Waals surface area (Å²) in [5.74, 6) is -1.85. The Hall–Kier alpha value is -3.88. The number of nitrogens with one attached hydrogen (secondary N) is 2. The smallest absolute Gasteiger partial charge is 0.251 e. The molecule has 0 fully saturated rings. The molecule has 0 spiro atoms. The Morgan fingerprint density at radius 3 is 2.65 bits per heavy atom. The van der Waals surface area contributed by atoms with Crippen molar-refractivity contribution in [3.8, 4) is 0 Å². The van der Waals surface area contributed by atoms with Gasteiger partial charge in [0.2, 0.25) is 0 Å². The van der Waals surface area contributed by atoms with Crippen molar-refractivity contribution >= 4 is 22.8 Å². The van der Waals surface area contributed by atoms with E-state index >= 15 is 0 Å². The standard InChI is InChI=1S/C22H20F2N6O/c23-18-7-6-16(12-19(18)24)22(31)26-10-11-30-21-17(13-29-30)20(27-14-28-21)25-9-8-15-4-2-1-3-5-15/h1-7,12-14H,8-11H2,(H,26,31)(H,25,27,28). The van der Waals surface area contributed by atoms with Gasteiger partial charge in [-0.25, -0.2) is 23.4 Å². The first-order chi connectivity index (χ1) is 15.1. The van der Waals surface area contributed by atoms with Crippen LogP contribution < -0.4 is 10.6 Å². The van der Waals surface area contributed by atoms with E-state index in [4.69, 9.17) is 0 Å². The van der Waals surface area contributed by atoms with Crippen molar-refractivity contribution in [1.29, 1.82) is 0 Å². The molecule has 0 saturated carbocycles. The predicted molar refractivity (Wildman–Crippen MR) is 113 cm³/mol. The van der Waals surface area contributed by atoms with Gasteiger partial charge >= 0.3 is 0 Å². The van der Waals surface area contributed by atoms with Crippen molar-refractivity contribution in [2.45, 2.75) is 13.0 Å². The van der Waals surface area contributed by atoms with Crippen LogP contribution in [-0.2, 0) is 13.0 Å². The fourth-order valence-electron chi connectivity index (χ4n) is 3.18. The molecule has 31 heavy (non-hydrogen) atoms. The number of fused-ring (bicyclic) bond motifs is 1. The molecule has 2 aromatic carbocycles. The second-order valence-corrected chi connectivity index (χ2v) is 6.87. The second-order valence-electron chi connectivity index (χ2n) is 6.87. The van der Waals surface area contributed by atoms with Crippen LogP contribution in [0.5, 0.6) is 0 Å². The van der Waals surface area contributed by atoms with Crippen LogP contribution in [0.4, 0.5) is 14.6 Å². The first kappa shape index (κ1) is 20.4. The molecule has 0 saturated heterocycles. The third-order valence-corrected chi connectivity index (χ3v) is 4.77. The molecule has 0 aliphatic heterocycles. The Morgan fingerprint density at radius 2 is 1.84 bits per heavy atom. The average molecular weight is 422 g/mol. The summed E-state index contributed by atoms with van der Waals surface area (Å²) < 4.78 is 28.0. The maximum absolute atomic E-state index is 13.3. The summed E-state index contributed by atoms with van der Waals surface area (Å²) in [6.45, 7) is 1.32. The van der Waals surface area contributed by atoms with Crippen molar-refractivity contribution < 1.29 is 13.6 Å². The van der Waals surface area contributed by atoms with E-state index < -0.39 is 17.5 Å². The zero-order valence-corrected chi connectivity index (χ0v) is 16.6. The average Bonchev–Trinajstić information content (AvgIpc) is 3.20. The molecule has 2 heterocycles. The molecule has 4 aromatic rings. The van der Waals surface area contributed by atoms with E-state index in [9.17, 15) is 13.6 Å². The topological polar surface area (TPSA) is 84.7 Å². The van der Waals surface area contributed by atoms with E-state index in [1.165, 1.54) is 18.0 Å². The monoisotopic (exact) mass is 422 g/mol. The number of carbonyl (C=O) groups excluding carboxylic acids is 1. The zero-order chi connectivity index (χ0) is 21.6. The highest BCUT2D eigenvalue weighted by Crippen LogP contribution is 2.18. The van der Waals surface area contributed by atoms with Crippen LogP contribution in [0.15, 0.2) is 61.1 Å². The van der Waals surface area contributed by atoms with Crippen LogP contribution in [-0.4, -0.2) is 38.7 Å². The summed E-state index contributed by atoms with van der Waals surface area (Å²) in [4.78, 5) is 20.7. The van der Waals surface area contributed by atoms with Gasteiger partial charge in [-0.2, -0.15) is 5.10 Å². The molecule has 158 valence electrons. The van der Waals surface area contributed by atoms with E-state index in [0.29, 0.717) is 24.6 Å². The van der Waals surface area contributed by atoms with Gasteiger partial charge in [-0.3, -0.25) is 4.79 Å². The lowest BCUT2D eigenvalue weighted by molar-refractivity contribution is 0.0951. The molecule has 9 heteroatoms. The van der Waals surface area contributed by atoms with Crippen molar-refractivity contribution in [3.63, 3.8) is 0 Å². The van der Waals surface area contributed by atoms with E-state index in [2.05, 4.69) is 37.8 Å². The summed E-state index contributed by atoms with van der Waals surface area (Å²) in [5.41, 5.74) is 1.92. The molecule has 0 bridgehead atoms. The summed E-state index contributed by atoms with van der Waals surface area (Å²) >= 11 is 0. The second kappa shape index (κ2) is 9.29. The highest BCUT2D eigenvalue weighted by atomic mass is 19.2. The summed E-state index contributed by atoms with van der Waals surface area (Å²) in [7, 11) is 0. The van der Waals surface area contributed by atoms with E-state index in [0.717, 1.165) is 23.9 Å². The fourth-order valence-corrected chi connectivity index (χ4v) is 3.18. The number of benzene rings is 2. The van der Waals surface area contributed by atoms with Gasteiger partial charge < -0.3 is 10.6 Å². The van der Waals surface area contributed by atoms with Crippen LogP contribution in [0.3, 0.4) is 0 Å². The lowest BCUT2D eigenvalue weighted by Gasteiger charge is -2.08. The van der Waals surface area contributed by atoms with E-state index in [1.54, 1.807) is 10.9 Å². The number of rotatable bonds is 8. The summed E-state index contributed by atoms with van der Waals surface area (Å²) in [6.07, 6.45) is 4.00. The number of hydrogen-bond donors (Lipinski definition) is 2. The maximum Gasteiger partial charge on any atom is 0.251 e. The fraction of sp³-hybridized carbons (Fsp3) is 0.182. The Balaban J connectivity index is 1.36. The van der Waals surface area contributed by atoms with Crippen molar-refractivity contribution in [1.82, 2.24) is 25.1 Å². The number of carbonyl (C=O) groups is 1. The number of anilines is 1. The first-order valence-corrected chi connectivity index (χ1v) is 9.79. The highest BCUT2D eigenvalue weighted by Gasteiger charge is 2.12. The largest absolute Gasteiger partial charge is 0.369 e. The number of aromatic nitrogens is 4. The summed E-state index contributed by atoms with van der Waals surface area (Å²) in [6, 6.07) is 13.2. The molecule has 2 N–H and O–H groups in total. The number of hydrogen-bond acceptors (Lipinski definition) is 5. The van der Waals surface area contributed by atoms with Crippen LogP contribution >= 0.6 is 0 Å². The third kappa shape index (κ3) is 4.82. The van der Waals surface area contributed by atoms with Gasteiger partial charge in [-0.15, -0.1) is 0 Å². The first-order valence-electron chi connectivity index (χ1n) is 9.79. The minimum absolute atomic E-state index is 0.0523. The Morgan fingerprint density at radius 1 is 1.00 bits per heavy atom. The van der Waals surface area contributed by atoms with Gasteiger partial charge in [0.1, 0.15) is 12.1 Å². The predicted octanol–water partition coefficient (Wildman–Crippen LogP) is 3.19. The van der Waals surface area contributed by atoms with E-state index in [-0.39, 0.29) is 12.1 Å². The number of nitrogens with zero attached hydrogens (tertiary/aromatic N) is 4. The Labute approximate surface area is 177 Å². The normalized spacial score (nSPS) is 10.9. The lowest BCUT2D eigenvalue weighted by Crippen LogP contribution is -2.27. The van der Waals surface area contributed by atoms with Gasteiger partial charge in [0.15, 0.2) is 17.3 Å². The van der Waals surface area contributed by atoms with Gasteiger partial charge in [-0.05, 0) is 30.2 Å². The van der Waals surface area contributed by atoms with Gasteiger partial charge in [0.25, 0.3) is 5.91 Å². The van der Waals surface area contributed by atoms with Crippen molar-refractivity contribution in [3.05, 3.63) is 83.8 Å². The van der Waals surface area contributed by atoms with Crippen LogP contribution in [0, 0.1) is 11.6 Å². The van der Waals surface area contributed by atoms with Crippen LogP contribution in [0.2, 0.25) is 0 Å². The van der Waals surface area contributed by atoms with Crippen LogP contribution in [0.25, 0.3) is 11.0 Å². The van der Waals surface area contributed by atoms with Crippen LogP contribution in [0.1, 0.15) is 15.9 Å². The van der Waals surface area contributed by atoms with Crippen molar-refractivity contribution in [2.75, 3.05) is 18.4 Å². The van der Waals surface area contributed by atoms with Crippen molar-refractivity contribution in [2.24, 2.45) is 0 Å². The molecule has 1 amide bonds. The summed E-state index contributed by atoms with van der Waals surface area (Å²) in [5, 5.41) is 11.1. The SMILES string of the molecule is O=C(NCCn1ncc2c(NCCc3ccccc3)ncnc21)c1ccc(F)c(F)c1. The highest BCUT2D eigenvalue weighted by molar-refractivity contribution is 5.94. The number of amides is 1. The third-order valence-electron chi connectivity index (χ3n) is 4.77. The molecule has 7 nitrogen and oxygen atoms in total. The molecule has 4 rings (SSSR count). The zero-order valence-electron chi connectivity index (χ0n) is 16.6. The molecule has 0 atom stereocenters. The Kier molecular flexibility index (Phi) is 6.11. The molecule has 0 aliphatic rings. The molecular formula is C22H20F2N6O. The van der Waals surface area contributed by atoms with Gasteiger partial charge in [-0.1, -0.05) is 30.3 Å². The molecule has 2 aromatic heterocycles. The van der Waals surface area contributed by atoms with E-state index in [1.807, 2.05) is 18.2 Å². The minimum Gasteiger partial charge on any atom is -0.369 e. The molecular weight excluding hydrogens is 402 g/mol. The minimum atomic E-state index is -1.06.